The van der Waals surface area contributed by atoms with E-state index in [2.05, 4.69) is 24.3 Å². The molecule has 0 radical (unpaired) electrons. The van der Waals surface area contributed by atoms with Gasteiger partial charge in [0.25, 0.3) is 0 Å². The molecule has 1 aliphatic heterocycles. The van der Waals surface area contributed by atoms with Crippen LogP contribution < -0.4 is 5.32 Å². The molecule has 1 N–H and O–H groups in total. The van der Waals surface area contributed by atoms with Crippen LogP contribution >= 0.6 is 0 Å². The fourth-order valence-corrected chi connectivity index (χ4v) is 1.59. The number of hydrogen-bond donors (Lipinski definition) is 1. The van der Waals surface area contributed by atoms with E-state index >= 15 is 0 Å². The first-order chi connectivity index (χ1) is 5.77. The van der Waals surface area contributed by atoms with Crippen molar-refractivity contribution in [1.29, 1.82) is 0 Å². The van der Waals surface area contributed by atoms with Crippen LogP contribution in [0.2, 0.25) is 0 Å². The minimum atomic E-state index is 0.653. The molecule has 1 aromatic rings. The van der Waals surface area contributed by atoms with Crippen molar-refractivity contribution in [3.05, 3.63) is 11.3 Å². The van der Waals surface area contributed by atoms with Gasteiger partial charge in [-0.3, -0.25) is 0 Å². The van der Waals surface area contributed by atoms with Gasteiger partial charge in [0.05, 0.1) is 5.69 Å². The lowest BCUT2D eigenvalue weighted by Gasteiger charge is -2.00. The third-order valence-electron chi connectivity index (χ3n) is 2.13. The van der Waals surface area contributed by atoms with Gasteiger partial charge in [0.2, 0.25) is 5.88 Å². The first-order valence-corrected chi connectivity index (χ1v) is 4.48. The van der Waals surface area contributed by atoms with Gasteiger partial charge < -0.3 is 9.84 Å². The Morgan fingerprint density at radius 2 is 2.42 bits per heavy atom. The van der Waals surface area contributed by atoms with Crippen molar-refractivity contribution in [1.82, 2.24) is 5.16 Å². The van der Waals surface area contributed by atoms with Gasteiger partial charge >= 0.3 is 0 Å². The lowest BCUT2D eigenvalue weighted by atomic mass is 10.0. The van der Waals surface area contributed by atoms with Crippen molar-refractivity contribution >= 4 is 5.88 Å². The Morgan fingerprint density at radius 3 is 3.17 bits per heavy atom. The van der Waals surface area contributed by atoms with E-state index in [1.54, 1.807) is 0 Å². The van der Waals surface area contributed by atoms with Crippen LogP contribution in [0, 0.1) is 5.92 Å². The van der Waals surface area contributed by atoms with E-state index in [1.807, 2.05) is 0 Å². The average molecular weight is 166 g/mol. The summed E-state index contributed by atoms with van der Waals surface area (Å²) in [4.78, 5) is 0. The molecule has 0 aliphatic carbocycles. The van der Waals surface area contributed by atoms with Crippen molar-refractivity contribution in [2.45, 2.75) is 26.7 Å². The van der Waals surface area contributed by atoms with Gasteiger partial charge in [0, 0.05) is 12.1 Å². The molecule has 66 valence electrons. The summed E-state index contributed by atoms with van der Waals surface area (Å²) >= 11 is 0. The molecular weight excluding hydrogens is 152 g/mol. The molecular formula is C9H14N2O. The summed E-state index contributed by atoms with van der Waals surface area (Å²) in [6.45, 7) is 5.40. The molecule has 0 fully saturated rings. The second-order valence-electron chi connectivity index (χ2n) is 3.71. The van der Waals surface area contributed by atoms with Crippen LogP contribution in [0.1, 0.15) is 25.1 Å². The maximum absolute atomic E-state index is 5.15. The number of aromatic nitrogens is 1. The van der Waals surface area contributed by atoms with E-state index in [0.717, 1.165) is 31.0 Å². The highest BCUT2D eigenvalue weighted by Gasteiger charge is 2.20. The van der Waals surface area contributed by atoms with E-state index in [9.17, 15) is 0 Å². The van der Waals surface area contributed by atoms with E-state index in [1.165, 1.54) is 5.56 Å². The molecule has 0 saturated carbocycles. The predicted octanol–water partition coefficient (Wildman–Crippen LogP) is 1.84. The molecule has 1 aromatic heterocycles. The van der Waals surface area contributed by atoms with Crippen LogP contribution in [-0.2, 0) is 12.8 Å². The monoisotopic (exact) mass is 166 g/mol. The van der Waals surface area contributed by atoms with Crippen LogP contribution in [0.25, 0.3) is 0 Å². The topological polar surface area (TPSA) is 38.1 Å². The van der Waals surface area contributed by atoms with Crippen molar-refractivity contribution in [3.8, 4) is 0 Å². The third kappa shape index (κ3) is 1.19. The fourth-order valence-electron chi connectivity index (χ4n) is 1.59. The summed E-state index contributed by atoms with van der Waals surface area (Å²) in [6.07, 6.45) is 2.10. The smallest absolute Gasteiger partial charge is 0.228 e. The minimum Gasteiger partial charge on any atom is -0.353 e. The maximum atomic E-state index is 5.15. The second-order valence-corrected chi connectivity index (χ2v) is 3.71. The van der Waals surface area contributed by atoms with E-state index in [0.29, 0.717) is 5.92 Å². The summed E-state index contributed by atoms with van der Waals surface area (Å²) < 4.78 is 5.15. The van der Waals surface area contributed by atoms with E-state index in [4.69, 9.17) is 4.52 Å². The Labute approximate surface area is 72.1 Å². The highest BCUT2D eigenvalue weighted by atomic mass is 16.5. The van der Waals surface area contributed by atoms with Gasteiger partial charge in [0.1, 0.15) is 0 Å². The van der Waals surface area contributed by atoms with Crippen LogP contribution in [-0.4, -0.2) is 11.7 Å². The van der Waals surface area contributed by atoms with Gasteiger partial charge in [-0.25, -0.2) is 0 Å². The summed E-state index contributed by atoms with van der Waals surface area (Å²) in [5.41, 5.74) is 2.44. The average Bonchev–Trinajstić information content (AvgIpc) is 2.52. The number of rotatable bonds is 2. The molecule has 0 spiro atoms. The first-order valence-electron chi connectivity index (χ1n) is 4.48. The molecule has 0 atom stereocenters. The normalized spacial score (nSPS) is 14.9. The maximum Gasteiger partial charge on any atom is 0.228 e. The number of fused-ring (bicyclic) bond motifs is 1. The van der Waals surface area contributed by atoms with Gasteiger partial charge in [-0.1, -0.05) is 19.0 Å². The molecule has 0 saturated heterocycles. The van der Waals surface area contributed by atoms with E-state index in [-0.39, 0.29) is 0 Å². The number of hydrogen-bond acceptors (Lipinski definition) is 3. The Bertz CT molecular complexity index is 278. The molecule has 0 amide bonds. The summed E-state index contributed by atoms with van der Waals surface area (Å²) in [5, 5.41) is 7.21. The van der Waals surface area contributed by atoms with Crippen molar-refractivity contribution < 1.29 is 4.52 Å². The number of nitrogens with one attached hydrogen (secondary N) is 1. The molecule has 0 aromatic carbocycles. The first kappa shape index (κ1) is 7.65. The van der Waals surface area contributed by atoms with Crippen molar-refractivity contribution in [2.24, 2.45) is 5.92 Å². The van der Waals surface area contributed by atoms with E-state index < -0.39 is 0 Å². The Morgan fingerprint density at radius 1 is 1.58 bits per heavy atom. The van der Waals surface area contributed by atoms with Crippen LogP contribution in [0.5, 0.6) is 0 Å². The lowest BCUT2D eigenvalue weighted by molar-refractivity contribution is 0.419. The Kier molecular flexibility index (Phi) is 1.79. The highest BCUT2D eigenvalue weighted by molar-refractivity contribution is 5.48. The minimum absolute atomic E-state index is 0.653. The van der Waals surface area contributed by atoms with Gasteiger partial charge in [-0.05, 0) is 18.8 Å². The molecule has 3 nitrogen and oxygen atoms in total. The zero-order chi connectivity index (χ0) is 8.55. The molecule has 12 heavy (non-hydrogen) atoms. The largest absolute Gasteiger partial charge is 0.353 e. The lowest BCUT2D eigenvalue weighted by Crippen LogP contribution is -1.98. The SMILES string of the molecule is CC(C)Cc1noc2c1CCN2. The molecule has 2 rings (SSSR count). The zero-order valence-electron chi connectivity index (χ0n) is 7.55. The molecule has 0 bridgehead atoms. The fraction of sp³-hybridized carbons (Fsp3) is 0.667. The number of nitrogens with zero attached hydrogens (tertiary/aromatic N) is 1. The standard InChI is InChI=1S/C9H14N2O/c1-6(2)5-8-7-3-4-10-9(7)12-11-8/h6,10H,3-5H2,1-2H3. The third-order valence-corrected chi connectivity index (χ3v) is 2.13. The number of anilines is 1. The highest BCUT2D eigenvalue weighted by Crippen LogP contribution is 2.26. The van der Waals surface area contributed by atoms with Crippen LogP contribution in [0.15, 0.2) is 4.52 Å². The molecule has 3 heteroatoms. The predicted molar refractivity (Wildman–Crippen MR) is 47.2 cm³/mol. The van der Waals surface area contributed by atoms with Crippen LogP contribution in [0.4, 0.5) is 5.88 Å². The van der Waals surface area contributed by atoms with Gasteiger partial charge in [-0.15, -0.1) is 0 Å². The summed E-state index contributed by atoms with van der Waals surface area (Å²) in [5.74, 6) is 1.55. The van der Waals surface area contributed by atoms with Crippen molar-refractivity contribution in [3.63, 3.8) is 0 Å². The Balaban J connectivity index is 2.22. The molecule has 1 aliphatic rings. The molecule has 0 unspecified atom stereocenters. The van der Waals surface area contributed by atoms with Crippen molar-refractivity contribution in [2.75, 3.05) is 11.9 Å². The zero-order valence-corrected chi connectivity index (χ0v) is 7.55. The van der Waals surface area contributed by atoms with Crippen LogP contribution in [0.3, 0.4) is 0 Å². The van der Waals surface area contributed by atoms with Gasteiger partial charge in [0.15, 0.2) is 0 Å². The summed E-state index contributed by atoms with van der Waals surface area (Å²) in [6, 6.07) is 0. The molecule has 2 heterocycles. The summed E-state index contributed by atoms with van der Waals surface area (Å²) in [7, 11) is 0. The quantitative estimate of drug-likeness (QED) is 0.728. The Hall–Kier alpha value is -0.990. The second kappa shape index (κ2) is 2.81. The van der Waals surface area contributed by atoms with Gasteiger partial charge in [-0.2, -0.15) is 0 Å².